The lowest BCUT2D eigenvalue weighted by atomic mass is 10.1. The summed E-state index contributed by atoms with van der Waals surface area (Å²) in [5, 5.41) is 3.06. The molecule has 8 nitrogen and oxygen atoms in total. The number of hydrogen-bond donors (Lipinski definition) is 1. The zero-order chi connectivity index (χ0) is 25.4. The minimum Gasteiger partial charge on any atom is -0.497 e. The summed E-state index contributed by atoms with van der Waals surface area (Å²) in [6.45, 7) is 1.57. The van der Waals surface area contributed by atoms with Crippen molar-refractivity contribution in [2.75, 3.05) is 30.8 Å². The van der Waals surface area contributed by atoms with Gasteiger partial charge in [-0.05, 0) is 43.9 Å². The molecule has 0 saturated heterocycles. The number of ether oxygens (including phenoxy) is 1. The molecule has 2 amide bonds. The van der Waals surface area contributed by atoms with Crippen LogP contribution in [-0.4, -0.2) is 63.7 Å². The summed E-state index contributed by atoms with van der Waals surface area (Å²) in [5.41, 5.74) is 1.35. The zero-order valence-corrected chi connectivity index (χ0v) is 21.5. The molecule has 190 valence electrons. The van der Waals surface area contributed by atoms with Gasteiger partial charge in [-0.1, -0.05) is 49.2 Å². The first-order valence-electron chi connectivity index (χ1n) is 11.9. The van der Waals surface area contributed by atoms with E-state index in [4.69, 9.17) is 4.74 Å². The Labute approximate surface area is 208 Å². The summed E-state index contributed by atoms with van der Waals surface area (Å²) < 4.78 is 31.5. The van der Waals surface area contributed by atoms with E-state index in [0.717, 1.165) is 41.8 Å². The highest BCUT2D eigenvalue weighted by molar-refractivity contribution is 7.92. The van der Waals surface area contributed by atoms with Crippen LogP contribution in [0.1, 0.15) is 38.2 Å². The quantitative estimate of drug-likeness (QED) is 0.511. The van der Waals surface area contributed by atoms with Gasteiger partial charge < -0.3 is 15.0 Å². The van der Waals surface area contributed by atoms with Gasteiger partial charge in [0, 0.05) is 18.7 Å². The van der Waals surface area contributed by atoms with E-state index in [1.165, 1.54) is 12.0 Å². The lowest BCUT2D eigenvalue weighted by Gasteiger charge is -2.32. The molecular formula is C26H35N3O5S. The number of benzene rings is 2. The van der Waals surface area contributed by atoms with Crippen molar-refractivity contribution in [3.05, 3.63) is 60.2 Å². The van der Waals surface area contributed by atoms with E-state index >= 15 is 0 Å². The highest BCUT2D eigenvalue weighted by atomic mass is 32.2. The van der Waals surface area contributed by atoms with Crippen molar-refractivity contribution in [1.29, 1.82) is 0 Å². The van der Waals surface area contributed by atoms with E-state index in [0.29, 0.717) is 17.9 Å². The van der Waals surface area contributed by atoms with Gasteiger partial charge in [-0.3, -0.25) is 13.9 Å². The molecule has 1 saturated carbocycles. The topological polar surface area (TPSA) is 96.0 Å². The maximum atomic E-state index is 13.5. The van der Waals surface area contributed by atoms with E-state index < -0.39 is 28.5 Å². The summed E-state index contributed by atoms with van der Waals surface area (Å²) in [6, 6.07) is 15.6. The maximum absolute atomic E-state index is 13.5. The van der Waals surface area contributed by atoms with E-state index in [-0.39, 0.29) is 18.5 Å². The fourth-order valence-corrected chi connectivity index (χ4v) is 5.18. The molecular weight excluding hydrogens is 466 g/mol. The fourth-order valence-electron chi connectivity index (χ4n) is 4.34. The molecule has 0 radical (unpaired) electrons. The third kappa shape index (κ3) is 7.45. The number of carbonyl (C=O) groups is 2. The van der Waals surface area contributed by atoms with Gasteiger partial charge in [0.1, 0.15) is 18.3 Å². The minimum absolute atomic E-state index is 0.125. The summed E-state index contributed by atoms with van der Waals surface area (Å²) >= 11 is 0. The Morgan fingerprint density at radius 1 is 1.09 bits per heavy atom. The van der Waals surface area contributed by atoms with Gasteiger partial charge in [0.25, 0.3) is 0 Å². The Kier molecular flexibility index (Phi) is 9.14. The van der Waals surface area contributed by atoms with Crippen LogP contribution >= 0.6 is 0 Å². The Bertz CT molecular complexity index is 1100. The van der Waals surface area contributed by atoms with Crippen LogP contribution < -0.4 is 14.4 Å². The van der Waals surface area contributed by atoms with Crippen molar-refractivity contribution in [2.24, 2.45) is 0 Å². The Morgan fingerprint density at radius 2 is 1.77 bits per heavy atom. The van der Waals surface area contributed by atoms with Crippen LogP contribution in [0.2, 0.25) is 0 Å². The predicted octanol–water partition coefficient (Wildman–Crippen LogP) is 2.98. The van der Waals surface area contributed by atoms with Crippen molar-refractivity contribution < 1.29 is 22.7 Å². The summed E-state index contributed by atoms with van der Waals surface area (Å²) in [6.07, 6.45) is 5.65. The Hall–Kier alpha value is -3.07. The summed E-state index contributed by atoms with van der Waals surface area (Å²) in [4.78, 5) is 28.1. The number of carbonyl (C=O) groups excluding carboxylic acids is 2. The third-order valence-corrected chi connectivity index (χ3v) is 7.51. The fraction of sp³-hybridized carbons (Fsp3) is 0.462. The average Bonchev–Trinajstić information content (AvgIpc) is 3.35. The molecule has 0 aromatic heterocycles. The van der Waals surface area contributed by atoms with Crippen LogP contribution in [0, 0.1) is 0 Å². The van der Waals surface area contributed by atoms with Crippen LogP contribution in [-0.2, 0) is 26.0 Å². The molecule has 1 N–H and O–H groups in total. The summed E-state index contributed by atoms with van der Waals surface area (Å²) in [5.74, 6) is -0.178. The number of nitrogens with zero attached hydrogens (tertiary/aromatic N) is 2. The monoisotopic (exact) mass is 501 g/mol. The molecule has 0 aliphatic heterocycles. The van der Waals surface area contributed by atoms with Crippen molar-refractivity contribution >= 4 is 27.5 Å². The Morgan fingerprint density at radius 3 is 2.40 bits per heavy atom. The highest BCUT2D eigenvalue weighted by Gasteiger charge is 2.31. The number of nitrogens with one attached hydrogen (secondary N) is 1. The van der Waals surface area contributed by atoms with Gasteiger partial charge in [0.05, 0.1) is 19.1 Å². The van der Waals surface area contributed by atoms with E-state index in [1.807, 2.05) is 30.3 Å². The molecule has 1 atom stereocenters. The molecule has 1 fully saturated rings. The third-order valence-electron chi connectivity index (χ3n) is 6.37. The molecule has 9 heteroatoms. The molecule has 0 spiro atoms. The van der Waals surface area contributed by atoms with Gasteiger partial charge in [-0.2, -0.15) is 0 Å². The standard InChI is InChI=1S/C26H35N3O5S/c1-20(26(31)27-22-12-7-8-13-22)28(17-16-21-10-5-4-6-11-21)25(30)19-29(35(3,32)33)23-14-9-15-24(18-23)34-2/h4-6,9-11,14-15,18,20,22H,7-8,12-13,16-17,19H2,1-3H3,(H,27,31)/t20-/m1/s1. The average molecular weight is 502 g/mol. The largest absolute Gasteiger partial charge is 0.497 e. The lowest BCUT2D eigenvalue weighted by molar-refractivity contribution is -0.139. The first kappa shape index (κ1) is 26.5. The number of hydrogen-bond acceptors (Lipinski definition) is 5. The maximum Gasteiger partial charge on any atom is 0.244 e. The van der Waals surface area contributed by atoms with Crippen LogP contribution in [0.25, 0.3) is 0 Å². The smallest absolute Gasteiger partial charge is 0.244 e. The van der Waals surface area contributed by atoms with Crippen LogP contribution in [0.15, 0.2) is 54.6 Å². The number of rotatable bonds is 11. The molecule has 0 bridgehead atoms. The number of sulfonamides is 1. The molecule has 0 heterocycles. The van der Waals surface area contributed by atoms with Crippen LogP contribution in [0.5, 0.6) is 5.75 Å². The van der Waals surface area contributed by atoms with Gasteiger partial charge in [-0.25, -0.2) is 8.42 Å². The second-order valence-corrected chi connectivity index (χ2v) is 10.9. The molecule has 1 aliphatic rings. The number of amides is 2. The molecule has 0 unspecified atom stereocenters. The predicted molar refractivity (Wildman–Crippen MR) is 137 cm³/mol. The summed E-state index contributed by atoms with van der Waals surface area (Å²) in [7, 11) is -2.28. The van der Waals surface area contributed by atoms with Gasteiger partial charge in [0.15, 0.2) is 0 Å². The van der Waals surface area contributed by atoms with E-state index in [2.05, 4.69) is 5.32 Å². The normalized spacial score (nSPS) is 14.8. The van der Waals surface area contributed by atoms with Crippen LogP contribution in [0.3, 0.4) is 0 Å². The van der Waals surface area contributed by atoms with Crippen molar-refractivity contribution in [3.8, 4) is 5.75 Å². The van der Waals surface area contributed by atoms with Crippen molar-refractivity contribution in [2.45, 2.75) is 51.1 Å². The van der Waals surface area contributed by atoms with Gasteiger partial charge >= 0.3 is 0 Å². The van der Waals surface area contributed by atoms with E-state index in [9.17, 15) is 18.0 Å². The van der Waals surface area contributed by atoms with Crippen LogP contribution in [0.4, 0.5) is 5.69 Å². The molecule has 3 rings (SSSR count). The van der Waals surface area contributed by atoms with Gasteiger partial charge in [0.2, 0.25) is 21.8 Å². The molecule has 2 aromatic carbocycles. The first-order chi connectivity index (χ1) is 16.7. The van der Waals surface area contributed by atoms with Crippen molar-refractivity contribution in [3.63, 3.8) is 0 Å². The Balaban J connectivity index is 1.83. The molecule has 2 aromatic rings. The first-order valence-corrected chi connectivity index (χ1v) is 13.8. The molecule has 35 heavy (non-hydrogen) atoms. The number of methoxy groups -OCH3 is 1. The van der Waals surface area contributed by atoms with E-state index in [1.54, 1.807) is 31.2 Å². The lowest BCUT2D eigenvalue weighted by Crippen LogP contribution is -2.53. The second kappa shape index (κ2) is 12.1. The highest BCUT2D eigenvalue weighted by Crippen LogP contribution is 2.24. The molecule has 1 aliphatic carbocycles. The minimum atomic E-state index is -3.77. The second-order valence-electron chi connectivity index (χ2n) is 8.96. The van der Waals surface area contributed by atoms with Gasteiger partial charge in [-0.15, -0.1) is 0 Å². The van der Waals surface area contributed by atoms with Crippen molar-refractivity contribution in [1.82, 2.24) is 10.2 Å². The zero-order valence-electron chi connectivity index (χ0n) is 20.6. The SMILES string of the molecule is COc1cccc(N(CC(=O)N(CCc2ccccc2)[C@H](C)C(=O)NC2CCCC2)S(C)(=O)=O)c1. The number of anilines is 1.